The van der Waals surface area contributed by atoms with Crippen LogP contribution in [0.1, 0.15) is 39.7 Å². The molecule has 182 valence electrons. The van der Waals surface area contributed by atoms with Crippen LogP contribution in [0.2, 0.25) is 0 Å². The molecule has 3 rings (SSSR count). The van der Waals surface area contributed by atoms with Crippen molar-refractivity contribution in [1.29, 1.82) is 0 Å². The van der Waals surface area contributed by atoms with E-state index in [0.717, 1.165) is 64.7 Å². The SMILES string of the molecule is CCNC(=NCC(C(C)C)N1CCN(C)CC1)NC1CC(C)N(Cc2ccccc2)C1.I. The first-order valence-corrected chi connectivity index (χ1v) is 12.2. The predicted octanol–water partition coefficient (Wildman–Crippen LogP) is 3.09. The highest BCUT2D eigenvalue weighted by molar-refractivity contribution is 14.0. The summed E-state index contributed by atoms with van der Waals surface area (Å²) in [6.07, 6.45) is 1.16. The van der Waals surface area contributed by atoms with E-state index in [1.807, 2.05) is 0 Å². The molecule has 1 aromatic carbocycles. The van der Waals surface area contributed by atoms with Crippen molar-refractivity contribution >= 4 is 29.9 Å². The van der Waals surface area contributed by atoms with Gasteiger partial charge in [-0.05, 0) is 38.8 Å². The third-order valence-electron chi connectivity index (χ3n) is 6.83. The molecule has 0 radical (unpaired) electrons. The van der Waals surface area contributed by atoms with Crippen LogP contribution < -0.4 is 10.6 Å². The first kappa shape index (κ1) is 27.3. The largest absolute Gasteiger partial charge is 0.357 e. The minimum absolute atomic E-state index is 0. The topological polar surface area (TPSA) is 46.1 Å². The molecule has 0 spiro atoms. The lowest BCUT2D eigenvalue weighted by Gasteiger charge is -2.39. The number of hydrogen-bond donors (Lipinski definition) is 2. The molecular weight excluding hydrogens is 511 g/mol. The van der Waals surface area contributed by atoms with E-state index in [-0.39, 0.29) is 24.0 Å². The van der Waals surface area contributed by atoms with E-state index >= 15 is 0 Å². The summed E-state index contributed by atoms with van der Waals surface area (Å²) in [7, 11) is 2.22. The molecule has 0 aromatic heterocycles. The predicted molar refractivity (Wildman–Crippen MR) is 147 cm³/mol. The lowest BCUT2D eigenvalue weighted by Crippen LogP contribution is -2.52. The van der Waals surface area contributed by atoms with Crippen molar-refractivity contribution < 1.29 is 0 Å². The lowest BCUT2D eigenvalue weighted by molar-refractivity contribution is 0.0925. The van der Waals surface area contributed by atoms with Crippen LogP contribution >= 0.6 is 24.0 Å². The minimum atomic E-state index is 0. The van der Waals surface area contributed by atoms with Crippen LogP contribution in [0.15, 0.2) is 35.3 Å². The zero-order valence-corrected chi connectivity index (χ0v) is 23.1. The Morgan fingerprint density at radius 3 is 2.44 bits per heavy atom. The highest BCUT2D eigenvalue weighted by Gasteiger charge is 2.30. The maximum Gasteiger partial charge on any atom is 0.191 e. The molecule has 3 atom stereocenters. The molecule has 2 heterocycles. The zero-order valence-electron chi connectivity index (χ0n) is 20.8. The standard InChI is InChI=1S/C25H44N6.HI/c1-6-26-25(27-17-24(20(2)3)30-14-12-29(5)13-15-30)28-23-16-21(4)31(19-23)18-22-10-8-7-9-11-22;/h7-11,20-21,23-24H,6,12-19H2,1-5H3,(H2,26,27,28);1H. The van der Waals surface area contributed by atoms with Gasteiger partial charge in [0.05, 0.1) is 6.54 Å². The smallest absolute Gasteiger partial charge is 0.191 e. The number of hydrogen-bond acceptors (Lipinski definition) is 4. The lowest BCUT2D eigenvalue weighted by atomic mass is 10.0. The van der Waals surface area contributed by atoms with Crippen molar-refractivity contribution in [3.05, 3.63) is 35.9 Å². The van der Waals surface area contributed by atoms with Gasteiger partial charge in [-0.1, -0.05) is 44.2 Å². The van der Waals surface area contributed by atoms with Crippen molar-refractivity contribution in [2.75, 3.05) is 52.9 Å². The number of likely N-dealkylation sites (tertiary alicyclic amines) is 1. The number of aliphatic imine (C=N–C) groups is 1. The number of guanidine groups is 1. The fourth-order valence-corrected chi connectivity index (χ4v) is 4.84. The molecule has 1 aromatic rings. The third kappa shape index (κ3) is 8.15. The average molecular weight is 557 g/mol. The van der Waals surface area contributed by atoms with Gasteiger partial charge in [0.1, 0.15) is 0 Å². The van der Waals surface area contributed by atoms with Gasteiger partial charge in [-0.3, -0.25) is 14.8 Å². The Hall–Kier alpha value is -0.900. The molecular formula is C25H45IN6. The fraction of sp³-hybridized carbons (Fsp3) is 0.720. The van der Waals surface area contributed by atoms with Gasteiger partial charge < -0.3 is 15.5 Å². The van der Waals surface area contributed by atoms with E-state index < -0.39 is 0 Å². The van der Waals surface area contributed by atoms with Gasteiger partial charge in [-0.2, -0.15) is 0 Å². The summed E-state index contributed by atoms with van der Waals surface area (Å²) in [4.78, 5) is 12.7. The monoisotopic (exact) mass is 556 g/mol. The summed E-state index contributed by atoms with van der Waals surface area (Å²) < 4.78 is 0. The molecule has 0 bridgehead atoms. The average Bonchev–Trinajstić information content (AvgIpc) is 3.08. The highest BCUT2D eigenvalue weighted by atomic mass is 127. The highest BCUT2D eigenvalue weighted by Crippen LogP contribution is 2.20. The van der Waals surface area contributed by atoms with E-state index in [4.69, 9.17) is 4.99 Å². The molecule has 0 amide bonds. The van der Waals surface area contributed by atoms with Crippen LogP contribution in [-0.2, 0) is 6.54 Å². The van der Waals surface area contributed by atoms with Crippen LogP contribution in [-0.4, -0.2) is 91.6 Å². The Labute approximate surface area is 213 Å². The molecule has 2 fully saturated rings. The molecule has 0 saturated carbocycles. The molecule has 2 aliphatic heterocycles. The van der Waals surface area contributed by atoms with Crippen LogP contribution in [0.5, 0.6) is 0 Å². The Kier molecular flexibility index (Phi) is 11.7. The first-order valence-electron chi connectivity index (χ1n) is 12.2. The van der Waals surface area contributed by atoms with E-state index in [2.05, 4.69) is 90.4 Å². The van der Waals surface area contributed by atoms with Crippen LogP contribution in [0, 0.1) is 5.92 Å². The van der Waals surface area contributed by atoms with Gasteiger partial charge in [0.25, 0.3) is 0 Å². The molecule has 0 aliphatic carbocycles. The summed E-state index contributed by atoms with van der Waals surface area (Å²) >= 11 is 0. The van der Waals surface area contributed by atoms with Crippen molar-refractivity contribution in [3.8, 4) is 0 Å². The van der Waals surface area contributed by atoms with Gasteiger partial charge in [0.15, 0.2) is 5.96 Å². The first-order chi connectivity index (χ1) is 15.0. The van der Waals surface area contributed by atoms with Crippen LogP contribution in [0.25, 0.3) is 0 Å². The Balaban J connectivity index is 0.00000363. The molecule has 2 N–H and O–H groups in total. The van der Waals surface area contributed by atoms with Crippen LogP contribution in [0.3, 0.4) is 0 Å². The minimum Gasteiger partial charge on any atom is -0.357 e. The second-order valence-electron chi connectivity index (χ2n) is 9.71. The summed E-state index contributed by atoms with van der Waals surface area (Å²) in [5.41, 5.74) is 1.39. The molecule has 2 aliphatic rings. The van der Waals surface area contributed by atoms with Crippen molar-refractivity contribution in [1.82, 2.24) is 25.3 Å². The number of likely N-dealkylation sites (N-methyl/N-ethyl adjacent to an activating group) is 1. The van der Waals surface area contributed by atoms with E-state index in [0.29, 0.717) is 24.0 Å². The zero-order chi connectivity index (χ0) is 22.2. The number of benzene rings is 1. The van der Waals surface area contributed by atoms with Crippen LogP contribution in [0.4, 0.5) is 0 Å². The number of piperazine rings is 1. The van der Waals surface area contributed by atoms with Crippen molar-refractivity contribution in [2.45, 2.75) is 58.8 Å². The maximum atomic E-state index is 5.05. The second kappa shape index (κ2) is 13.7. The molecule has 3 unspecified atom stereocenters. The Morgan fingerprint density at radius 1 is 1.12 bits per heavy atom. The summed E-state index contributed by atoms with van der Waals surface area (Å²) in [5.74, 6) is 1.57. The number of rotatable bonds is 8. The fourth-order valence-electron chi connectivity index (χ4n) is 4.84. The number of halogens is 1. The van der Waals surface area contributed by atoms with E-state index in [1.54, 1.807) is 0 Å². The number of nitrogens with zero attached hydrogens (tertiary/aromatic N) is 4. The van der Waals surface area contributed by atoms with Crippen molar-refractivity contribution in [3.63, 3.8) is 0 Å². The second-order valence-corrected chi connectivity index (χ2v) is 9.71. The normalized spacial score (nSPS) is 24.4. The Bertz CT molecular complexity index is 674. The van der Waals surface area contributed by atoms with E-state index in [1.165, 1.54) is 5.56 Å². The molecule has 7 heteroatoms. The maximum absolute atomic E-state index is 5.05. The summed E-state index contributed by atoms with van der Waals surface area (Å²) in [6.45, 7) is 17.6. The molecule has 2 saturated heterocycles. The van der Waals surface area contributed by atoms with Gasteiger partial charge in [0, 0.05) is 63.9 Å². The molecule has 6 nitrogen and oxygen atoms in total. The number of nitrogens with one attached hydrogen (secondary N) is 2. The summed E-state index contributed by atoms with van der Waals surface area (Å²) in [6, 6.07) is 12.3. The van der Waals surface area contributed by atoms with Crippen molar-refractivity contribution in [2.24, 2.45) is 10.9 Å². The Morgan fingerprint density at radius 2 is 1.81 bits per heavy atom. The molecule has 32 heavy (non-hydrogen) atoms. The third-order valence-corrected chi connectivity index (χ3v) is 6.83. The van der Waals surface area contributed by atoms with Gasteiger partial charge in [-0.25, -0.2) is 0 Å². The summed E-state index contributed by atoms with van der Waals surface area (Å²) in [5, 5.41) is 7.22. The van der Waals surface area contributed by atoms with E-state index in [9.17, 15) is 0 Å². The van der Waals surface area contributed by atoms with Gasteiger partial charge >= 0.3 is 0 Å². The quantitative estimate of drug-likeness (QED) is 0.293. The van der Waals surface area contributed by atoms with Gasteiger partial charge in [0.2, 0.25) is 0 Å². The van der Waals surface area contributed by atoms with Gasteiger partial charge in [-0.15, -0.1) is 24.0 Å².